The van der Waals surface area contributed by atoms with E-state index >= 15 is 0 Å². The molecule has 0 N–H and O–H groups in total. The van der Waals surface area contributed by atoms with Crippen molar-refractivity contribution >= 4 is 16.8 Å². The third kappa shape index (κ3) is 3.36. The minimum Gasteiger partial charge on any atom is -0.493 e. The number of rotatable bonds is 4. The van der Waals surface area contributed by atoms with Crippen molar-refractivity contribution in [2.75, 3.05) is 20.8 Å². The molecule has 1 amide bonds. The summed E-state index contributed by atoms with van der Waals surface area (Å²) in [6, 6.07) is 23.6. The van der Waals surface area contributed by atoms with Gasteiger partial charge in [0.25, 0.3) is 5.91 Å². The zero-order valence-corrected chi connectivity index (χ0v) is 18.1. The summed E-state index contributed by atoms with van der Waals surface area (Å²) in [5, 5.41) is 0.866. The predicted molar refractivity (Wildman–Crippen MR) is 124 cm³/mol. The Bertz CT molecular complexity index is 1280. The van der Waals surface area contributed by atoms with Crippen LogP contribution in [0.2, 0.25) is 0 Å². The largest absolute Gasteiger partial charge is 0.493 e. The summed E-state index contributed by atoms with van der Waals surface area (Å²) in [6.45, 7) is 0.609. The van der Waals surface area contributed by atoms with Crippen LogP contribution < -0.4 is 9.47 Å². The Labute approximate surface area is 187 Å². The monoisotopic (exact) mass is 424 g/mol. The number of aromatic nitrogens is 1. The van der Waals surface area contributed by atoms with Gasteiger partial charge in [0.05, 0.1) is 31.3 Å². The van der Waals surface area contributed by atoms with Gasteiger partial charge in [0, 0.05) is 18.1 Å². The fraction of sp³-hybridized carbons (Fsp3) is 0.185. The number of carbonyl (C=O) groups is 1. The highest BCUT2D eigenvalue weighted by Gasteiger charge is 2.34. The summed E-state index contributed by atoms with van der Waals surface area (Å²) in [4.78, 5) is 20.3. The Hall–Kier alpha value is -3.86. The molecular weight excluding hydrogens is 400 g/mol. The quantitative estimate of drug-likeness (QED) is 0.461. The van der Waals surface area contributed by atoms with Gasteiger partial charge in [0.15, 0.2) is 11.5 Å². The lowest BCUT2D eigenvalue weighted by molar-refractivity contribution is 0.0696. The van der Waals surface area contributed by atoms with Crippen LogP contribution in [-0.4, -0.2) is 36.6 Å². The minimum absolute atomic E-state index is 0.00196. The number of ether oxygens (including phenoxy) is 2. The normalized spacial score (nSPS) is 15.3. The van der Waals surface area contributed by atoms with Crippen molar-refractivity contribution in [1.29, 1.82) is 0 Å². The summed E-state index contributed by atoms with van der Waals surface area (Å²) in [6.07, 6.45) is 2.45. The van der Waals surface area contributed by atoms with Crippen molar-refractivity contribution in [1.82, 2.24) is 9.88 Å². The van der Waals surface area contributed by atoms with Crippen molar-refractivity contribution in [3.8, 4) is 11.5 Å². The Morgan fingerprint density at radius 3 is 2.44 bits per heavy atom. The van der Waals surface area contributed by atoms with E-state index in [0.717, 1.165) is 28.5 Å². The predicted octanol–water partition coefficient (Wildman–Crippen LogP) is 5.04. The highest BCUT2D eigenvalue weighted by Crippen LogP contribution is 2.41. The van der Waals surface area contributed by atoms with Gasteiger partial charge < -0.3 is 14.4 Å². The van der Waals surface area contributed by atoms with Gasteiger partial charge in [0.1, 0.15) is 0 Å². The van der Waals surface area contributed by atoms with Crippen molar-refractivity contribution in [2.24, 2.45) is 0 Å². The first-order valence-electron chi connectivity index (χ1n) is 10.7. The number of nitrogens with zero attached hydrogens (tertiary/aromatic N) is 2. The van der Waals surface area contributed by atoms with Crippen molar-refractivity contribution < 1.29 is 14.3 Å². The lowest BCUT2D eigenvalue weighted by Crippen LogP contribution is -2.40. The minimum atomic E-state index is -0.223. The molecule has 0 saturated carbocycles. The molecule has 4 aromatic rings. The molecule has 0 radical (unpaired) electrons. The molecule has 5 nitrogen and oxygen atoms in total. The van der Waals surface area contributed by atoms with Gasteiger partial charge in [-0.1, -0.05) is 48.5 Å². The van der Waals surface area contributed by atoms with Crippen molar-refractivity contribution in [2.45, 2.75) is 12.5 Å². The summed E-state index contributed by atoms with van der Waals surface area (Å²) < 4.78 is 11.1. The van der Waals surface area contributed by atoms with Crippen LogP contribution in [0, 0.1) is 0 Å². The summed E-state index contributed by atoms with van der Waals surface area (Å²) in [5.41, 5.74) is 4.78. The molecule has 5 rings (SSSR count). The number of para-hydroxylation sites is 1. The second kappa shape index (κ2) is 8.35. The van der Waals surface area contributed by atoms with Crippen LogP contribution in [0.4, 0.5) is 0 Å². The van der Waals surface area contributed by atoms with Gasteiger partial charge in [-0.15, -0.1) is 0 Å². The van der Waals surface area contributed by atoms with Crippen LogP contribution in [-0.2, 0) is 6.42 Å². The molecule has 0 bridgehead atoms. The highest BCUT2D eigenvalue weighted by atomic mass is 16.5. The van der Waals surface area contributed by atoms with Crippen LogP contribution in [0.15, 0.2) is 79.0 Å². The van der Waals surface area contributed by atoms with Gasteiger partial charge >= 0.3 is 0 Å². The van der Waals surface area contributed by atoms with E-state index in [9.17, 15) is 4.79 Å². The van der Waals surface area contributed by atoms with E-state index in [0.29, 0.717) is 23.6 Å². The first-order valence-corrected chi connectivity index (χ1v) is 10.7. The highest BCUT2D eigenvalue weighted by molar-refractivity contribution is 6.06. The molecule has 5 heteroatoms. The summed E-state index contributed by atoms with van der Waals surface area (Å²) in [5.74, 6) is 1.37. The fourth-order valence-corrected chi connectivity index (χ4v) is 4.60. The summed E-state index contributed by atoms with van der Waals surface area (Å²) in [7, 11) is 3.28. The smallest absolute Gasteiger partial charge is 0.255 e. The van der Waals surface area contributed by atoms with E-state index in [1.807, 2.05) is 65.6 Å². The maximum absolute atomic E-state index is 13.9. The number of amides is 1. The Kier molecular flexibility index (Phi) is 5.23. The van der Waals surface area contributed by atoms with Gasteiger partial charge in [-0.2, -0.15) is 0 Å². The van der Waals surface area contributed by atoms with Gasteiger partial charge in [-0.05, 0) is 47.4 Å². The third-order valence-corrected chi connectivity index (χ3v) is 6.13. The van der Waals surface area contributed by atoms with E-state index in [-0.39, 0.29) is 11.9 Å². The number of fused-ring (bicyclic) bond motifs is 2. The molecule has 32 heavy (non-hydrogen) atoms. The van der Waals surface area contributed by atoms with Crippen LogP contribution >= 0.6 is 0 Å². The van der Waals surface area contributed by atoms with E-state index in [2.05, 4.69) is 17.1 Å². The molecule has 3 aromatic carbocycles. The van der Waals surface area contributed by atoms with Crippen molar-refractivity contribution in [3.05, 3.63) is 101 Å². The van der Waals surface area contributed by atoms with Gasteiger partial charge in [-0.3, -0.25) is 9.78 Å². The number of carbonyl (C=O) groups excluding carboxylic acids is 1. The number of hydrogen-bond donors (Lipinski definition) is 0. The zero-order valence-electron chi connectivity index (χ0n) is 18.1. The molecular formula is C27H24N2O3. The molecule has 0 spiro atoms. The molecule has 160 valence electrons. The van der Waals surface area contributed by atoms with Crippen LogP contribution in [0.1, 0.15) is 33.1 Å². The van der Waals surface area contributed by atoms with Crippen LogP contribution in [0.3, 0.4) is 0 Å². The maximum Gasteiger partial charge on any atom is 0.255 e. The molecule has 0 fully saturated rings. The summed E-state index contributed by atoms with van der Waals surface area (Å²) >= 11 is 0. The van der Waals surface area contributed by atoms with E-state index in [1.54, 1.807) is 20.4 Å². The first-order chi connectivity index (χ1) is 15.7. The van der Waals surface area contributed by atoms with Crippen LogP contribution in [0.5, 0.6) is 11.5 Å². The Morgan fingerprint density at radius 2 is 1.66 bits per heavy atom. The van der Waals surface area contributed by atoms with E-state index in [1.165, 1.54) is 5.56 Å². The molecule has 1 aliphatic rings. The molecule has 0 saturated heterocycles. The van der Waals surface area contributed by atoms with Crippen LogP contribution in [0.25, 0.3) is 10.9 Å². The average molecular weight is 425 g/mol. The van der Waals surface area contributed by atoms with Crippen molar-refractivity contribution in [3.63, 3.8) is 0 Å². The number of benzene rings is 3. The molecule has 1 aliphatic heterocycles. The number of methoxy groups -OCH3 is 2. The second-order valence-corrected chi connectivity index (χ2v) is 7.84. The van der Waals surface area contributed by atoms with Gasteiger partial charge in [-0.25, -0.2) is 0 Å². The molecule has 1 atom stereocenters. The lowest BCUT2D eigenvalue weighted by Gasteiger charge is -2.38. The third-order valence-electron chi connectivity index (χ3n) is 6.13. The molecule has 1 unspecified atom stereocenters. The first kappa shape index (κ1) is 20.1. The maximum atomic E-state index is 13.9. The fourth-order valence-electron chi connectivity index (χ4n) is 4.60. The molecule has 1 aromatic heterocycles. The Morgan fingerprint density at radius 1 is 0.938 bits per heavy atom. The number of pyridine rings is 1. The van der Waals surface area contributed by atoms with E-state index < -0.39 is 0 Å². The lowest BCUT2D eigenvalue weighted by atomic mass is 9.87. The van der Waals surface area contributed by atoms with Gasteiger partial charge in [0.2, 0.25) is 0 Å². The Balaban J connectivity index is 1.66. The standard InChI is InChI=1S/C27H24N2O3/c1-31-24-16-19-13-15-29(27(30)21-12-14-28-23-11-7-6-10-20(21)23)26(18-8-4-3-5-9-18)22(19)17-25(24)32-2/h3-12,14,16-17,26H,13,15H2,1-2H3. The second-order valence-electron chi connectivity index (χ2n) is 7.84. The SMILES string of the molecule is COc1cc2c(cc1OC)C(c1ccccc1)N(C(=O)c1ccnc3ccccc13)CC2. The molecule has 0 aliphatic carbocycles. The van der Waals surface area contributed by atoms with E-state index in [4.69, 9.17) is 9.47 Å². The topological polar surface area (TPSA) is 51.7 Å². The number of hydrogen-bond acceptors (Lipinski definition) is 4. The average Bonchev–Trinajstić information content (AvgIpc) is 2.86. The molecule has 2 heterocycles. The zero-order chi connectivity index (χ0) is 22.1.